The van der Waals surface area contributed by atoms with Crippen LogP contribution in [0.4, 0.5) is 5.69 Å². The summed E-state index contributed by atoms with van der Waals surface area (Å²) >= 11 is 0. The van der Waals surface area contributed by atoms with Gasteiger partial charge in [-0.15, -0.1) is 0 Å². The zero-order chi connectivity index (χ0) is 15.8. The van der Waals surface area contributed by atoms with Gasteiger partial charge in [0.1, 0.15) is 6.04 Å². The lowest BCUT2D eigenvalue weighted by Gasteiger charge is -2.13. The van der Waals surface area contributed by atoms with Gasteiger partial charge in [0.05, 0.1) is 17.4 Å². The molecule has 0 fully saturated rings. The van der Waals surface area contributed by atoms with E-state index in [0.29, 0.717) is 5.56 Å². The minimum atomic E-state index is -0.921. The number of carbonyl (C=O) groups excluding carboxylic acids is 2. The van der Waals surface area contributed by atoms with Crippen molar-refractivity contribution in [1.82, 2.24) is 5.32 Å². The van der Waals surface area contributed by atoms with Crippen molar-refractivity contribution >= 4 is 17.5 Å². The van der Waals surface area contributed by atoms with Crippen LogP contribution in [-0.2, 0) is 16.0 Å². The standard InChI is InChI=1S/C13H14N4O4/c14-6-2-5-11(13(15)19)16-12(18)8-9-3-1-4-10(7-9)17(20)21/h1,3-4,7,11H,2,5,8H2,(H2,15,19)(H,16,18)/t11-/m1/s1. The van der Waals surface area contributed by atoms with Crippen molar-refractivity contribution < 1.29 is 14.5 Å². The number of rotatable bonds is 7. The number of hydrogen-bond donors (Lipinski definition) is 2. The summed E-state index contributed by atoms with van der Waals surface area (Å²) in [5.41, 5.74) is 5.47. The lowest BCUT2D eigenvalue weighted by Crippen LogP contribution is -2.44. The molecule has 0 radical (unpaired) electrons. The van der Waals surface area contributed by atoms with E-state index < -0.39 is 22.8 Å². The number of amides is 2. The highest BCUT2D eigenvalue weighted by molar-refractivity contribution is 5.87. The van der Waals surface area contributed by atoms with Gasteiger partial charge in [-0.25, -0.2) is 0 Å². The smallest absolute Gasteiger partial charge is 0.269 e. The maximum Gasteiger partial charge on any atom is 0.269 e. The van der Waals surface area contributed by atoms with Gasteiger partial charge in [-0.1, -0.05) is 12.1 Å². The molecule has 1 aromatic rings. The molecule has 1 atom stereocenters. The van der Waals surface area contributed by atoms with Gasteiger partial charge in [-0.05, 0) is 12.0 Å². The van der Waals surface area contributed by atoms with Gasteiger partial charge in [-0.2, -0.15) is 5.26 Å². The number of nitrogens with one attached hydrogen (secondary N) is 1. The Balaban J connectivity index is 2.68. The highest BCUT2D eigenvalue weighted by atomic mass is 16.6. The first kappa shape index (κ1) is 16.1. The maximum absolute atomic E-state index is 11.8. The molecule has 0 aromatic heterocycles. The molecule has 8 heteroatoms. The van der Waals surface area contributed by atoms with Crippen LogP contribution in [0.2, 0.25) is 0 Å². The molecular weight excluding hydrogens is 276 g/mol. The van der Waals surface area contributed by atoms with E-state index in [9.17, 15) is 19.7 Å². The van der Waals surface area contributed by atoms with E-state index in [2.05, 4.69) is 5.32 Å². The van der Waals surface area contributed by atoms with Gasteiger partial charge in [-0.3, -0.25) is 19.7 Å². The number of nitro groups is 1. The monoisotopic (exact) mass is 290 g/mol. The molecule has 110 valence electrons. The molecule has 0 heterocycles. The molecule has 0 saturated carbocycles. The van der Waals surface area contributed by atoms with Crippen LogP contribution >= 0.6 is 0 Å². The largest absolute Gasteiger partial charge is 0.368 e. The molecule has 0 spiro atoms. The van der Waals surface area contributed by atoms with Crippen molar-refractivity contribution in [3.63, 3.8) is 0 Å². The molecule has 0 aliphatic rings. The number of hydrogen-bond acceptors (Lipinski definition) is 5. The Labute approximate surface area is 120 Å². The molecule has 0 aliphatic heterocycles. The third kappa shape index (κ3) is 5.28. The van der Waals surface area contributed by atoms with Gasteiger partial charge < -0.3 is 11.1 Å². The van der Waals surface area contributed by atoms with Crippen molar-refractivity contribution in [3.05, 3.63) is 39.9 Å². The summed E-state index contributed by atoms with van der Waals surface area (Å²) in [7, 11) is 0. The maximum atomic E-state index is 11.8. The molecule has 1 aromatic carbocycles. The topological polar surface area (TPSA) is 139 Å². The summed E-state index contributed by atoms with van der Waals surface area (Å²) in [4.78, 5) is 33.0. The average molecular weight is 290 g/mol. The normalized spacial score (nSPS) is 11.2. The number of nitro benzene ring substituents is 1. The Morgan fingerprint density at radius 1 is 1.48 bits per heavy atom. The van der Waals surface area contributed by atoms with Crippen molar-refractivity contribution in [2.45, 2.75) is 25.3 Å². The number of nitriles is 1. The van der Waals surface area contributed by atoms with Gasteiger partial charge >= 0.3 is 0 Å². The Morgan fingerprint density at radius 3 is 2.76 bits per heavy atom. The quantitative estimate of drug-likeness (QED) is 0.553. The second kappa shape index (κ2) is 7.59. The fraction of sp³-hybridized carbons (Fsp3) is 0.308. The van der Waals surface area contributed by atoms with Crippen LogP contribution in [0.5, 0.6) is 0 Å². The van der Waals surface area contributed by atoms with E-state index in [-0.39, 0.29) is 24.9 Å². The number of carbonyl (C=O) groups is 2. The van der Waals surface area contributed by atoms with Crippen LogP contribution in [0.3, 0.4) is 0 Å². The molecule has 2 amide bonds. The lowest BCUT2D eigenvalue weighted by atomic mass is 10.1. The molecular formula is C13H14N4O4. The minimum absolute atomic E-state index is 0.0880. The molecule has 8 nitrogen and oxygen atoms in total. The summed E-state index contributed by atoms with van der Waals surface area (Å²) in [5.74, 6) is -1.21. The molecule has 0 bridgehead atoms. The second-order valence-electron chi connectivity index (χ2n) is 4.32. The highest BCUT2D eigenvalue weighted by Crippen LogP contribution is 2.13. The van der Waals surface area contributed by atoms with E-state index >= 15 is 0 Å². The van der Waals surface area contributed by atoms with E-state index in [1.54, 1.807) is 6.07 Å². The highest BCUT2D eigenvalue weighted by Gasteiger charge is 2.18. The fourth-order valence-corrected chi connectivity index (χ4v) is 1.71. The first-order chi connectivity index (χ1) is 9.93. The van der Waals surface area contributed by atoms with E-state index in [0.717, 1.165) is 0 Å². The molecule has 21 heavy (non-hydrogen) atoms. The van der Waals surface area contributed by atoms with Gasteiger partial charge in [0.25, 0.3) is 5.69 Å². The van der Waals surface area contributed by atoms with Crippen LogP contribution < -0.4 is 11.1 Å². The summed E-state index contributed by atoms with van der Waals surface area (Å²) in [6, 6.07) is 6.59. The fourth-order valence-electron chi connectivity index (χ4n) is 1.71. The Bertz CT molecular complexity index is 594. The Morgan fingerprint density at radius 2 is 2.19 bits per heavy atom. The summed E-state index contributed by atoms with van der Waals surface area (Å²) in [5, 5.41) is 21.5. The summed E-state index contributed by atoms with van der Waals surface area (Å²) in [6.07, 6.45) is 0.106. The van der Waals surface area contributed by atoms with Crippen LogP contribution in [0.15, 0.2) is 24.3 Å². The molecule has 1 rings (SSSR count). The van der Waals surface area contributed by atoms with Crippen molar-refractivity contribution in [1.29, 1.82) is 5.26 Å². The molecule has 0 unspecified atom stereocenters. The number of primary amides is 1. The van der Waals surface area contributed by atoms with Crippen LogP contribution in [0, 0.1) is 21.4 Å². The minimum Gasteiger partial charge on any atom is -0.368 e. The first-order valence-electron chi connectivity index (χ1n) is 6.13. The zero-order valence-corrected chi connectivity index (χ0v) is 11.1. The molecule has 3 N–H and O–H groups in total. The predicted octanol–water partition coefficient (Wildman–Crippen LogP) is 0.411. The number of benzene rings is 1. The zero-order valence-electron chi connectivity index (χ0n) is 11.1. The third-order valence-electron chi connectivity index (χ3n) is 2.71. The Kier molecular flexibility index (Phi) is 5.82. The number of non-ortho nitro benzene ring substituents is 1. The van der Waals surface area contributed by atoms with Crippen molar-refractivity contribution in [3.8, 4) is 6.07 Å². The van der Waals surface area contributed by atoms with Gasteiger partial charge in [0, 0.05) is 18.6 Å². The number of nitrogens with two attached hydrogens (primary N) is 1. The lowest BCUT2D eigenvalue weighted by molar-refractivity contribution is -0.384. The third-order valence-corrected chi connectivity index (χ3v) is 2.71. The van der Waals surface area contributed by atoms with E-state index in [4.69, 9.17) is 11.0 Å². The average Bonchev–Trinajstić information content (AvgIpc) is 2.43. The SMILES string of the molecule is N#CCC[C@@H](NC(=O)Cc1cccc([N+](=O)[O-])c1)C(N)=O. The van der Waals surface area contributed by atoms with Gasteiger partial charge in [0.15, 0.2) is 0 Å². The Hall–Kier alpha value is -2.95. The molecule has 0 saturated heterocycles. The van der Waals surface area contributed by atoms with Crippen LogP contribution in [0.25, 0.3) is 0 Å². The van der Waals surface area contributed by atoms with Crippen LogP contribution in [0.1, 0.15) is 18.4 Å². The van der Waals surface area contributed by atoms with Gasteiger partial charge in [0.2, 0.25) is 11.8 Å². The predicted molar refractivity (Wildman–Crippen MR) is 72.8 cm³/mol. The molecule has 0 aliphatic carbocycles. The first-order valence-corrected chi connectivity index (χ1v) is 6.13. The van der Waals surface area contributed by atoms with E-state index in [1.807, 2.05) is 6.07 Å². The second-order valence-corrected chi connectivity index (χ2v) is 4.32. The summed E-state index contributed by atoms with van der Waals surface area (Å²) < 4.78 is 0. The summed E-state index contributed by atoms with van der Waals surface area (Å²) in [6.45, 7) is 0. The van der Waals surface area contributed by atoms with Crippen molar-refractivity contribution in [2.24, 2.45) is 5.73 Å². The number of nitrogens with zero attached hydrogens (tertiary/aromatic N) is 2. The van der Waals surface area contributed by atoms with E-state index in [1.165, 1.54) is 18.2 Å². The van der Waals surface area contributed by atoms with Crippen molar-refractivity contribution in [2.75, 3.05) is 0 Å². The van der Waals surface area contributed by atoms with Crippen LogP contribution in [-0.4, -0.2) is 22.8 Å².